The van der Waals surface area contributed by atoms with Crippen LogP contribution in [-0.4, -0.2) is 28.1 Å². The molecule has 1 atom stereocenters. The molecule has 0 spiro atoms. The summed E-state index contributed by atoms with van der Waals surface area (Å²) in [6, 6.07) is 11.6. The first kappa shape index (κ1) is 17.5. The number of hydrogen-bond acceptors (Lipinski definition) is 3. The molecule has 4 nitrogen and oxygen atoms in total. The molecule has 2 N–H and O–H groups in total. The van der Waals surface area contributed by atoms with Gasteiger partial charge in [0.15, 0.2) is 0 Å². The van der Waals surface area contributed by atoms with E-state index in [0.29, 0.717) is 10.9 Å². The number of aromatic nitrogens is 1. The smallest absolute Gasteiger partial charge is 0.230 e. The molecule has 4 rings (SSSR count). The van der Waals surface area contributed by atoms with Crippen molar-refractivity contribution < 1.29 is 9.90 Å². The van der Waals surface area contributed by atoms with Gasteiger partial charge < -0.3 is 10.4 Å². The van der Waals surface area contributed by atoms with E-state index in [1.54, 1.807) is 12.4 Å². The van der Waals surface area contributed by atoms with Crippen LogP contribution in [0.25, 0.3) is 0 Å². The maximum absolute atomic E-state index is 13.1. The molecule has 0 radical (unpaired) electrons. The molecule has 1 aromatic heterocycles. The Hall–Kier alpha value is -1.91. The lowest BCUT2D eigenvalue weighted by Gasteiger charge is -2.39. The zero-order chi connectivity index (χ0) is 18.1. The molecular weight excluding hydrogens is 348 g/mol. The van der Waals surface area contributed by atoms with Gasteiger partial charge in [0.25, 0.3) is 0 Å². The van der Waals surface area contributed by atoms with Gasteiger partial charge in [-0.25, -0.2) is 0 Å². The Bertz CT molecular complexity index is 768. The Morgan fingerprint density at radius 1 is 1.19 bits per heavy atom. The lowest BCUT2D eigenvalue weighted by molar-refractivity contribution is -0.125. The predicted octanol–water partition coefficient (Wildman–Crippen LogP) is 3.27. The van der Waals surface area contributed by atoms with Crippen molar-refractivity contribution in [2.75, 3.05) is 0 Å². The van der Waals surface area contributed by atoms with Crippen LogP contribution in [0.3, 0.4) is 0 Å². The topological polar surface area (TPSA) is 62.2 Å². The molecule has 2 aliphatic carbocycles. The maximum atomic E-state index is 13.1. The number of amides is 1. The van der Waals surface area contributed by atoms with Crippen LogP contribution in [0, 0.1) is 5.92 Å². The molecule has 2 aliphatic rings. The molecule has 0 bridgehead atoms. The van der Waals surface area contributed by atoms with E-state index >= 15 is 0 Å². The second kappa shape index (κ2) is 7.01. The molecule has 1 aromatic carbocycles. The number of aliphatic hydroxyl groups excluding tert-OH is 1. The van der Waals surface area contributed by atoms with Gasteiger partial charge in [-0.1, -0.05) is 23.7 Å². The van der Waals surface area contributed by atoms with E-state index in [2.05, 4.69) is 10.3 Å². The highest BCUT2D eigenvalue weighted by molar-refractivity contribution is 6.30. The molecule has 5 heteroatoms. The Labute approximate surface area is 158 Å². The van der Waals surface area contributed by atoms with E-state index in [9.17, 15) is 9.90 Å². The minimum atomic E-state index is -0.413. The number of rotatable bonds is 6. The molecule has 0 unspecified atom stereocenters. The SMILES string of the molecule is O=C(N[C@H](Cc1ccncc1)C1CC(O)C1)C1(c2ccc(Cl)cc2)CC1. The number of aliphatic hydroxyl groups is 1. The van der Waals surface area contributed by atoms with Crippen LogP contribution in [0.4, 0.5) is 0 Å². The number of carbonyl (C=O) groups excluding carboxylic acids is 1. The average Bonchev–Trinajstić information content (AvgIpc) is 3.42. The predicted molar refractivity (Wildman–Crippen MR) is 101 cm³/mol. The molecule has 2 aromatic rings. The Morgan fingerprint density at radius 3 is 2.42 bits per heavy atom. The molecule has 0 aliphatic heterocycles. The number of nitrogens with zero attached hydrogens (tertiary/aromatic N) is 1. The van der Waals surface area contributed by atoms with E-state index in [-0.39, 0.29) is 18.1 Å². The van der Waals surface area contributed by atoms with Crippen LogP contribution in [0.15, 0.2) is 48.8 Å². The molecular formula is C21H23ClN2O2. The van der Waals surface area contributed by atoms with E-state index in [0.717, 1.165) is 43.2 Å². The van der Waals surface area contributed by atoms with Crippen LogP contribution in [0.2, 0.25) is 5.02 Å². The number of benzene rings is 1. The van der Waals surface area contributed by atoms with Crippen molar-refractivity contribution in [3.63, 3.8) is 0 Å². The zero-order valence-electron chi connectivity index (χ0n) is 14.6. The van der Waals surface area contributed by atoms with Crippen molar-refractivity contribution in [1.29, 1.82) is 0 Å². The van der Waals surface area contributed by atoms with Crippen LogP contribution in [-0.2, 0) is 16.6 Å². The summed E-state index contributed by atoms with van der Waals surface area (Å²) in [7, 11) is 0. The molecule has 136 valence electrons. The third-order valence-electron chi connectivity index (χ3n) is 5.82. The Kier molecular flexibility index (Phi) is 4.72. The summed E-state index contributed by atoms with van der Waals surface area (Å²) in [6.07, 6.45) is 7.34. The summed E-state index contributed by atoms with van der Waals surface area (Å²) >= 11 is 5.99. The van der Waals surface area contributed by atoms with Crippen molar-refractivity contribution >= 4 is 17.5 Å². The number of pyridine rings is 1. The van der Waals surface area contributed by atoms with E-state index in [1.165, 1.54) is 0 Å². The second-order valence-electron chi connectivity index (χ2n) is 7.61. The standard InChI is InChI=1S/C21H23ClN2O2/c22-17-3-1-16(2-4-17)21(7-8-21)20(26)24-19(15-12-18(25)13-15)11-14-5-9-23-10-6-14/h1-6,9-10,15,18-19,25H,7-8,11-13H2,(H,24,26)/t15?,18?,19-/m1/s1. The quantitative estimate of drug-likeness (QED) is 0.820. The number of nitrogens with one attached hydrogen (secondary N) is 1. The number of hydrogen-bond donors (Lipinski definition) is 2. The number of carbonyl (C=O) groups is 1. The first-order chi connectivity index (χ1) is 12.6. The summed E-state index contributed by atoms with van der Waals surface area (Å²) in [5.41, 5.74) is 1.78. The third kappa shape index (κ3) is 3.49. The van der Waals surface area contributed by atoms with Crippen molar-refractivity contribution in [3.05, 3.63) is 64.9 Å². The van der Waals surface area contributed by atoms with E-state index in [1.807, 2.05) is 36.4 Å². The Morgan fingerprint density at radius 2 is 1.85 bits per heavy atom. The highest BCUT2D eigenvalue weighted by Gasteiger charge is 2.52. The zero-order valence-corrected chi connectivity index (χ0v) is 15.3. The highest BCUT2D eigenvalue weighted by atomic mass is 35.5. The summed E-state index contributed by atoms with van der Waals surface area (Å²) in [5.74, 6) is 0.420. The van der Waals surface area contributed by atoms with Gasteiger partial charge in [-0.2, -0.15) is 0 Å². The molecule has 0 saturated heterocycles. The fraction of sp³-hybridized carbons (Fsp3) is 0.429. The van der Waals surface area contributed by atoms with Gasteiger partial charge in [0.05, 0.1) is 11.5 Å². The van der Waals surface area contributed by atoms with Gasteiger partial charge in [0.1, 0.15) is 0 Å². The summed E-state index contributed by atoms with van der Waals surface area (Å²) in [5, 5.41) is 13.7. The van der Waals surface area contributed by atoms with E-state index in [4.69, 9.17) is 11.6 Å². The molecule has 2 fully saturated rings. The first-order valence-corrected chi connectivity index (χ1v) is 9.58. The maximum Gasteiger partial charge on any atom is 0.230 e. The molecule has 1 heterocycles. The third-order valence-corrected chi connectivity index (χ3v) is 6.07. The van der Waals surface area contributed by atoms with Crippen molar-refractivity contribution in [2.24, 2.45) is 5.92 Å². The fourth-order valence-corrected chi connectivity index (χ4v) is 4.04. The van der Waals surface area contributed by atoms with Crippen LogP contribution >= 0.6 is 11.6 Å². The largest absolute Gasteiger partial charge is 0.393 e. The van der Waals surface area contributed by atoms with Crippen LogP contribution in [0.5, 0.6) is 0 Å². The van der Waals surface area contributed by atoms with Crippen molar-refractivity contribution in [2.45, 2.75) is 49.7 Å². The summed E-state index contributed by atoms with van der Waals surface area (Å²) in [4.78, 5) is 17.2. The number of halogens is 1. The minimum Gasteiger partial charge on any atom is -0.393 e. The van der Waals surface area contributed by atoms with Gasteiger partial charge in [-0.15, -0.1) is 0 Å². The highest BCUT2D eigenvalue weighted by Crippen LogP contribution is 2.49. The monoisotopic (exact) mass is 370 g/mol. The van der Waals surface area contributed by atoms with Gasteiger partial charge in [0.2, 0.25) is 5.91 Å². The second-order valence-corrected chi connectivity index (χ2v) is 8.05. The first-order valence-electron chi connectivity index (χ1n) is 9.21. The van der Waals surface area contributed by atoms with Gasteiger partial charge in [-0.05, 0) is 73.4 Å². The fourth-order valence-electron chi connectivity index (χ4n) is 3.91. The summed E-state index contributed by atoms with van der Waals surface area (Å²) < 4.78 is 0. The molecule has 1 amide bonds. The Balaban J connectivity index is 1.49. The van der Waals surface area contributed by atoms with Crippen molar-refractivity contribution in [3.8, 4) is 0 Å². The van der Waals surface area contributed by atoms with Crippen molar-refractivity contribution in [1.82, 2.24) is 10.3 Å². The van der Waals surface area contributed by atoms with Gasteiger partial charge in [-0.3, -0.25) is 9.78 Å². The lowest BCUT2D eigenvalue weighted by atomic mass is 9.75. The molecule has 2 saturated carbocycles. The van der Waals surface area contributed by atoms with Crippen LogP contribution < -0.4 is 5.32 Å². The summed E-state index contributed by atoms with van der Waals surface area (Å²) in [6.45, 7) is 0. The van der Waals surface area contributed by atoms with Gasteiger partial charge in [0, 0.05) is 23.5 Å². The van der Waals surface area contributed by atoms with E-state index < -0.39 is 5.41 Å². The van der Waals surface area contributed by atoms with Crippen LogP contribution in [0.1, 0.15) is 36.8 Å². The normalized spacial score (nSPS) is 24.4. The lowest BCUT2D eigenvalue weighted by Crippen LogP contribution is -2.50. The van der Waals surface area contributed by atoms with Gasteiger partial charge >= 0.3 is 0 Å². The average molecular weight is 371 g/mol. The molecule has 26 heavy (non-hydrogen) atoms. The minimum absolute atomic E-state index is 0.0399.